The van der Waals surface area contributed by atoms with E-state index in [2.05, 4.69) is 38.7 Å². The maximum Gasteiger partial charge on any atom is 0.309 e. The van der Waals surface area contributed by atoms with E-state index in [1.54, 1.807) is 30.8 Å². The third-order valence-corrected chi connectivity index (χ3v) is 5.34. The van der Waals surface area contributed by atoms with Crippen LogP contribution in [0.5, 0.6) is 0 Å². The third kappa shape index (κ3) is 4.75. The monoisotopic (exact) mass is 404 g/mol. The van der Waals surface area contributed by atoms with Crippen LogP contribution in [0.3, 0.4) is 0 Å². The molecule has 1 atom stereocenters. The Kier molecular flexibility index (Phi) is 6.20. The molecule has 2 N–H and O–H groups in total. The number of nitrogens with one attached hydrogen (secondary N) is 2. The van der Waals surface area contributed by atoms with Crippen LogP contribution >= 0.6 is 0 Å². The Bertz CT molecular complexity index is 989. The zero-order valence-electron chi connectivity index (χ0n) is 16.6. The van der Waals surface area contributed by atoms with Gasteiger partial charge in [-0.3, -0.25) is 19.5 Å². The van der Waals surface area contributed by atoms with E-state index in [1.807, 2.05) is 18.2 Å². The first-order valence-electron chi connectivity index (χ1n) is 10.00. The Morgan fingerprint density at radius 1 is 1.00 bits per heavy atom. The number of benzene rings is 1. The molecule has 1 aliphatic rings. The van der Waals surface area contributed by atoms with Gasteiger partial charge in [0.15, 0.2) is 0 Å². The van der Waals surface area contributed by atoms with Crippen molar-refractivity contribution >= 4 is 11.8 Å². The second kappa shape index (κ2) is 9.37. The molecule has 1 aromatic carbocycles. The van der Waals surface area contributed by atoms with E-state index in [4.69, 9.17) is 4.42 Å². The fourth-order valence-corrected chi connectivity index (χ4v) is 3.71. The molecule has 0 aliphatic carbocycles. The van der Waals surface area contributed by atoms with Crippen LogP contribution < -0.4 is 10.6 Å². The Hall–Kier alpha value is -3.45. The summed E-state index contributed by atoms with van der Waals surface area (Å²) in [5.74, 6) is -0.543. The molecular formula is C23H24N4O3. The number of carbonyl (C=O) groups excluding carboxylic acids is 2. The molecule has 2 amide bonds. The van der Waals surface area contributed by atoms with Crippen LogP contribution in [0.1, 0.15) is 28.5 Å². The minimum Gasteiger partial charge on any atom is -0.468 e. The first kappa shape index (κ1) is 19.8. The van der Waals surface area contributed by atoms with Gasteiger partial charge in [-0.1, -0.05) is 24.3 Å². The molecule has 30 heavy (non-hydrogen) atoms. The number of nitrogens with zero attached hydrogens (tertiary/aromatic N) is 2. The van der Waals surface area contributed by atoms with Crippen molar-refractivity contribution in [3.05, 3.63) is 89.6 Å². The normalized spacial score (nSPS) is 14.5. The van der Waals surface area contributed by atoms with Gasteiger partial charge in [0.25, 0.3) is 0 Å². The van der Waals surface area contributed by atoms with Crippen molar-refractivity contribution in [2.24, 2.45) is 0 Å². The summed E-state index contributed by atoms with van der Waals surface area (Å²) in [5.41, 5.74) is 3.51. The second-order valence-corrected chi connectivity index (χ2v) is 7.27. The molecule has 0 bridgehead atoms. The van der Waals surface area contributed by atoms with Crippen molar-refractivity contribution in [1.29, 1.82) is 0 Å². The molecule has 1 aliphatic heterocycles. The predicted molar refractivity (Wildman–Crippen MR) is 111 cm³/mol. The van der Waals surface area contributed by atoms with Gasteiger partial charge >= 0.3 is 11.8 Å². The maximum absolute atomic E-state index is 12.3. The second-order valence-electron chi connectivity index (χ2n) is 7.27. The summed E-state index contributed by atoms with van der Waals surface area (Å²) in [7, 11) is 0. The fraction of sp³-hybridized carbons (Fsp3) is 0.261. The van der Waals surface area contributed by atoms with Crippen LogP contribution in [0.25, 0.3) is 0 Å². The molecule has 2 aromatic heterocycles. The summed E-state index contributed by atoms with van der Waals surface area (Å²) in [4.78, 5) is 30.7. The molecule has 0 unspecified atom stereocenters. The van der Waals surface area contributed by atoms with E-state index in [9.17, 15) is 9.59 Å². The van der Waals surface area contributed by atoms with E-state index in [1.165, 1.54) is 11.1 Å². The zero-order valence-corrected chi connectivity index (χ0v) is 16.6. The summed E-state index contributed by atoms with van der Waals surface area (Å²) in [5, 5.41) is 5.40. The molecule has 0 saturated heterocycles. The highest BCUT2D eigenvalue weighted by Gasteiger charge is 2.27. The molecule has 0 spiro atoms. The van der Waals surface area contributed by atoms with Crippen molar-refractivity contribution in [2.45, 2.75) is 25.6 Å². The number of carbonyl (C=O) groups is 2. The zero-order chi connectivity index (χ0) is 20.8. The van der Waals surface area contributed by atoms with E-state index >= 15 is 0 Å². The molecule has 4 rings (SSSR count). The van der Waals surface area contributed by atoms with Gasteiger partial charge in [0.05, 0.1) is 12.3 Å². The Labute approximate surface area is 175 Å². The van der Waals surface area contributed by atoms with Gasteiger partial charge in [0.1, 0.15) is 5.76 Å². The summed E-state index contributed by atoms with van der Waals surface area (Å²) in [6.45, 7) is 2.19. The lowest BCUT2D eigenvalue weighted by atomic mass is 9.98. The van der Waals surface area contributed by atoms with Crippen molar-refractivity contribution in [3.8, 4) is 0 Å². The van der Waals surface area contributed by atoms with E-state index in [0.717, 1.165) is 30.8 Å². The van der Waals surface area contributed by atoms with Gasteiger partial charge in [-0.05, 0) is 47.4 Å². The smallest absolute Gasteiger partial charge is 0.309 e. The largest absolute Gasteiger partial charge is 0.468 e. The average Bonchev–Trinajstić information content (AvgIpc) is 3.32. The third-order valence-electron chi connectivity index (χ3n) is 5.34. The fourth-order valence-electron chi connectivity index (χ4n) is 3.71. The lowest BCUT2D eigenvalue weighted by Crippen LogP contribution is -2.45. The number of aromatic nitrogens is 1. The first-order chi connectivity index (χ1) is 14.7. The Morgan fingerprint density at radius 3 is 2.53 bits per heavy atom. The number of hydrogen-bond acceptors (Lipinski definition) is 5. The molecule has 0 radical (unpaired) electrons. The van der Waals surface area contributed by atoms with Crippen molar-refractivity contribution in [3.63, 3.8) is 0 Å². The van der Waals surface area contributed by atoms with Gasteiger partial charge in [-0.25, -0.2) is 0 Å². The van der Waals surface area contributed by atoms with E-state index < -0.39 is 11.8 Å². The highest BCUT2D eigenvalue weighted by Crippen LogP contribution is 2.27. The first-order valence-corrected chi connectivity index (χ1v) is 10.00. The minimum atomic E-state index is -0.658. The van der Waals surface area contributed by atoms with Crippen LogP contribution in [-0.2, 0) is 29.1 Å². The molecule has 154 valence electrons. The topological polar surface area (TPSA) is 87.5 Å². The lowest BCUT2D eigenvalue weighted by molar-refractivity contribution is -0.139. The van der Waals surface area contributed by atoms with Crippen molar-refractivity contribution < 1.29 is 14.0 Å². The van der Waals surface area contributed by atoms with Crippen LogP contribution in [0.15, 0.2) is 71.6 Å². The molecule has 0 saturated carbocycles. The average molecular weight is 404 g/mol. The van der Waals surface area contributed by atoms with Gasteiger partial charge in [-0.15, -0.1) is 0 Å². The minimum absolute atomic E-state index is 0.148. The maximum atomic E-state index is 12.3. The van der Waals surface area contributed by atoms with Crippen LogP contribution in [0.4, 0.5) is 0 Å². The number of pyridine rings is 1. The quantitative estimate of drug-likeness (QED) is 0.615. The molecular weight excluding hydrogens is 380 g/mol. The van der Waals surface area contributed by atoms with Crippen molar-refractivity contribution in [2.75, 3.05) is 13.1 Å². The standard InChI is InChI=1S/C23H24N4O3/c28-22(25-14-17-7-10-24-11-8-17)23(29)26-15-20(21-6-3-13-30-21)27-12-9-18-4-1-2-5-19(18)16-27/h1-8,10-11,13,20H,9,12,14-16H2,(H,25,28)(H,26,29)/t20-/m0/s1. The molecule has 3 aromatic rings. The molecule has 7 nitrogen and oxygen atoms in total. The van der Waals surface area contributed by atoms with Gasteiger partial charge in [0, 0.05) is 38.6 Å². The van der Waals surface area contributed by atoms with Crippen LogP contribution in [0, 0.1) is 0 Å². The number of amides is 2. The van der Waals surface area contributed by atoms with E-state index in [0.29, 0.717) is 0 Å². The highest BCUT2D eigenvalue weighted by molar-refractivity contribution is 6.35. The van der Waals surface area contributed by atoms with Crippen LogP contribution in [0.2, 0.25) is 0 Å². The van der Waals surface area contributed by atoms with Gasteiger partial charge in [0.2, 0.25) is 0 Å². The SMILES string of the molecule is O=C(NCc1ccncc1)C(=O)NC[C@@H](c1ccco1)N1CCc2ccccc2C1. The number of rotatable bonds is 6. The molecule has 0 fully saturated rings. The predicted octanol–water partition coefficient (Wildman–Crippen LogP) is 2.21. The molecule has 7 heteroatoms. The Balaban J connectivity index is 1.37. The highest BCUT2D eigenvalue weighted by atomic mass is 16.3. The lowest BCUT2D eigenvalue weighted by Gasteiger charge is -2.34. The van der Waals surface area contributed by atoms with E-state index in [-0.39, 0.29) is 19.1 Å². The Morgan fingerprint density at radius 2 is 1.77 bits per heavy atom. The summed E-state index contributed by atoms with van der Waals surface area (Å²) in [6.07, 6.45) is 5.86. The van der Waals surface area contributed by atoms with Gasteiger partial charge in [-0.2, -0.15) is 0 Å². The van der Waals surface area contributed by atoms with Gasteiger partial charge < -0.3 is 15.1 Å². The number of hydrogen-bond donors (Lipinski definition) is 2. The number of fused-ring (bicyclic) bond motifs is 1. The van der Waals surface area contributed by atoms with Crippen LogP contribution in [-0.4, -0.2) is 34.8 Å². The summed E-state index contributed by atoms with van der Waals surface area (Å²) < 4.78 is 5.64. The number of furan rings is 1. The summed E-state index contributed by atoms with van der Waals surface area (Å²) >= 11 is 0. The van der Waals surface area contributed by atoms with Crippen molar-refractivity contribution in [1.82, 2.24) is 20.5 Å². The molecule has 3 heterocycles. The summed E-state index contributed by atoms with van der Waals surface area (Å²) in [6, 6.07) is 15.6.